The molecule has 1 saturated carbocycles. The van der Waals surface area contributed by atoms with Crippen molar-refractivity contribution in [3.63, 3.8) is 0 Å². The molecule has 0 aromatic carbocycles. The Morgan fingerprint density at radius 3 is 2.31 bits per heavy atom. The first kappa shape index (κ1) is 8.36. The minimum Gasteiger partial charge on any atom is -0.258 e. The van der Waals surface area contributed by atoms with Crippen LogP contribution < -0.4 is 0 Å². The van der Waals surface area contributed by atoms with E-state index in [4.69, 9.17) is 0 Å². The Kier molecular flexibility index (Phi) is 1.63. The Morgan fingerprint density at radius 1 is 1.15 bits per heavy atom. The molecule has 0 aromatic heterocycles. The van der Waals surface area contributed by atoms with Crippen molar-refractivity contribution in [1.29, 1.82) is 0 Å². The van der Waals surface area contributed by atoms with Crippen molar-refractivity contribution in [1.82, 2.24) is 0 Å². The molecule has 3 rings (SSSR count). The Morgan fingerprint density at radius 2 is 1.85 bits per heavy atom. The maximum atomic E-state index is 11.9. The van der Waals surface area contributed by atoms with Crippen molar-refractivity contribution in [2.45, 2.75) is 16.9 Å². The quantitative estimate of drug-likeness (QED) is 0.561. The SMILES string of the molecule is O=[S@@]1CC[S@](=O)C12C[C@@H]1C=C[C@H]2C1. The van der Waals surface area contributed by atoms with Gasteiger partial charge in [0.25, 0.3) is 0 Å². The van der Waals surface area contributed by atoms with Crippen LogP contribution in [0.25, 0.3) is 0 Å². The molecule has 2 nitrogen and oxygen atoms in total. The van der Waals surface area contributed by atoms with Crippen LogP contribution in [0.2, 0.25) is 0 Å². The molecule has 3 aliphatic rings. The number of hydrogen-bond acceptors (Lipinski definition) is 2. The molecule has 1 aliphatic heterocycles. The van der Waals surface area contributed by atoms with Gasteiger partial charge < -0.3 is 0 Å². The minimum absolute atomic E-state index is 0.320. The largest absolute Gasteiger partial charge is 0.258 e. The van der Waals surface area contributed by atoms with Gasteiger partial charge in [0.1, 0.15) is 4.08 Å². The third-order valence-corrected chi connectivity index (χ3v) is 8.51. The van der Waals surface area contributed by atoms with Gasteiger partial charge in [-0.25, -0.2) is 0 Å². The lowest BCUT2D eigenvalue weighted by Crippen LogP contribution is -2.38. The van der Waals surface area contributed by atoms with Gasteiger partial charge in [-0.15, -0.1) is 0 Å². The molecule has 0 amide bonds. The molecule has 0 aromatic rings. The van der Waals surface area contributed by atoms with E-state index in [0.717, 1.165) is 12.8 Å². The van der Waals surface area contributed by atoms with E-state index in [0.29, 0.717) is 23.3 Å². The van der Waals surface area contributed by atoms with E-state index in [2.05, 4.69) is 12.2 Å². The summed E-state index contributed by atoms with van der Waals surface area (Å²) in [5.74, 6) is 2.23. The highest BCUT2D eigenvalue weighted by atomic mass is 32.3. The Bertz CT molecular complexity index is 319. The average Bonchev–Trinajstić information content (AvgIpc) is 2.77. The van der Waals surface area contributed by atoms with Gasteiger partial charge in [-0.2, -0.15) is 0 Å². The Labute approximate surface area is 82.7 Å². The maximum Gasteiger partial charge on any atom is 0.127 e. The number of fused-ring (bicyclic) bond motifs is 3. The maximum absolute atomic E-state index is 11.9. The third-order valence-electron chi connectivity index (χ3n) is 3.51. The van der Waals surface area contributed by atoms with Crippen LogP contribution in [-0.4, -0.2) is 24.0 Å². The molecule has 1 unspecified atom stereocenters. The first-order valence-corrected chi connectivity index (χ1v) is 7.32. The van der Waals surface area contributed by atoms with E-state index in [9.17, 15) is 8.42 Å². The predicted octanol–water partition coefficient (Wildman–Crippen LogP) is 0.790. The van der Waals surface area contributed by atoms with Crippen LogP contribution >= 0.6 is 0 Å². The summed E-state index contributed by atoms with van der Waals surface area (Å²) >= 11 is 0. The number of allylic oxidation sites excluding steroid dienone is 2. The van der Waals surface area contributed by atoms with Gasteiger partial charge in [0.2, 0.25) is 0 Å². The second kappa shape index (κ2) is 2.54. The zero-order valence-corrected chi connectivity index (χ0v) is 8.90. The summed E-state index contributed by atoms with van der Waals surface area (Å²) in [6, 6.07) is 0. The van der Waals surface area contributed by atoms with Crippen LogP contribution in [0.15, 0.2) is 12.2 Å². The van der Waals surface area contributed by atoms with Gasteiger partial charge >= 0.3 is 0 Å². The van der Waals surface area contributed by atoms with E-state index >= 15 is 0 Å². The fourth-order valence-electron chi connectivity index (χ4n) is 2.89. The molecule has 2 aliphatic carbocycles. The second-order valence-electron chi connectivity index (χ2n) is 4.10. The Hall–Kier alpha value is 0.0400. The normalized spacial score (nSPS) is 58.2. The summed E-state index contributed by atoms with van der Waals surface area (Å²) in [6.07, 6.45) is 6.36. The highest BCUT2D eigenvalue weighted by Gasteiger charge is 2.59. The molecule has 13 heavy (non-hydrogen) atoms. The topological polar surface area (TPSA) is 34.1 Å². The predicted molar refractivity (Wildman–Crippen MR) is 54.1 cm³/mol. The van der Waals surface area contributed by atoms with Crippen molar-refractivity contribution in [2.24, 2.45) is 11.8 Å². The first-order chi connectivity index (χ1) is 6.23. The molecule has 1 spiro atoms. The summed E-state index contributed by atoms with van der Waals surface area (Å²) in [4.78, 5) is 0. The molecule has 1 saturated heterocycles. The van der Waals surface area contributed by atoms with Gasteiger partial charge in [0.05, 0.1) is 0 Å². The van der Waals surface area contributed by atoms with Crippen LogP contribution in [0.3, 0.4) is 0 Å². The smallest absolute Gasteiger partial charge is 0.127 e. The van der Waals surface area contributed by atoms with Gasteiger partial charge in [-0.3, -0.25) is 8.42 Å². The van der Waals surface area contributed by atoms with E-state index in [1.165, 1.54) is 0 Å². The lowest BCUT2D eigenvalue weighted by molar-refractivity contribution is 0.596. The molecule has 4 heteroatoms. The van der Waals surface area contributed by atoms with Crippen molar-refractivity contribution in [3.05, 3.63) is 12.2 Å². The fraction of sp³-hybridized carbons (Fsp3) is 0.778. The van der Waals surface area contributed by atoms with E-state index in [-0.39, 0.29) is 4.08 Å². The molecule has 2 bridgehead atoms. The summed E-state index contributed by atoms with van der Waals surface area (Å²) in [5.41, 5.74) is 0. The van der Waals surface area contributed by atoms with Crippen LogP contribution in [-0.2, 0) is 21.6 Å². The Balaban J connectivity index is 2.10. The van der Waals surface area contributed by atoms with Gasteiger partial charge in [-0.05, 0) is 18.8 Å². The summed E-state index contributed by atoms with van der Waals surface area (Å²) < 4.78 is 23.4. The van der Waals surface area contributed by atoms with Gasteiger partial charge in [0.15, 0.2) is 0 Å². The average molecular weight is 216 g/mol. The lowest BCUT2D eigenvalue weighted by atomic mass is 10.1. The monoisotopic (exact) mass is 216 g/mol. The molecule has 1 heterocycles. The first-order valence-electron chi connectivity index (χ1n) is 4.69. The molecular formula is C9H12O2S2. The molecule has 72 valence electrons. The molecule has 0 N–H and O–H groups in total. The second-order valence-corrected chi connectivity index (χ2v) is 8.02. The number of rotatable bonds is 0. The zero-order chi connectivity index (χ0) is 9.05. The zero-order valence-electron chi connectivity index (χ0n) is 7.27. The standard InChI is InChI=1S/C9H12O2S2/c10-12-3-4-13(11)9(12)6-7-1-2-8(9)5-7/h1-2,7-8H,3-6H2/t7-,8+,9?,12-,13+/m1/s1. The van der Waals surface area contributed by atoms with Crippen LogP contribution in [0.4, 0.5) is 0 Å². The van der Waals surface area contributed by atoms with Crippen molar-refractivity contribution >= 4 is 21.6 Å². The summed E-state index contributed by atoms with van der Waals surface area (Å²) in [5, 5.41) is 0. The van der Waals surface area contributed by atoms with Crippen molar-refractivity contribution in [2.75, 3.05) is 11.5 Å². The van der Waals surface area contributed by atoms with Gasteiger partial charge in [-0.1, -0.05) is 12.2 Å². The molecule has 5 atom stereocenters. The third kappa shape index (κ3) is 0.885. The molecular weight excluding hydrogens is 204 g/mol. The summed E-state index contributed by atoms with van der Waals surface area (Å²) in [6.45, 7) is 0. The van der Waals surface area contributed by atoms with E-state index < -0.39 is 21.6 Å². The highest BCUT2D eigenvalue weighted by molar-refractivity contribution is 8.07. The lowest BCUT2D eigenvalue weighted by Gasteiger charge is -2.27. The van der Waals surface area contributed by atoms with Crippen LogP contribution in [0, 0.1) is 11.8 Å². The molecule has 0 radical (unpaired) electrons. The number of hydrogen-bond donors (Lipinski definition) is 0. The summed E-state index contributed by atoms with van der Waals surface area (Å²) in [7, 11) is -1.68. The van der Waals surface area contributed by atoms with Crippen molar-refractivity contribution < 1.29 is 8.42 Å². The van der Waals surface area contributed by atoms with E-state index in [1.807, 2.05) is 0 Å². The minimum atomic E-state index is -0.838. The fourth-order valence-corrected chi connectivity index (χ4v) is 7.95. The van der Waals surface area contributed by atoms with Crippen LogP contribution in [0.1, 0.15) is 12.8 Å². The van der Waals surface area contributed by atoms with Gasteiger partial charge in [0, 0.05) is 39.0 Å². The highest BCUT2D eigenvalue weighted by Crippen LogP contribution is 2.53. The van der Waals surface area contributed by atoms with Crippen LogP contribution in [0.5, 0.6) is 0 Å². The van der Waals surface area contributed by atoms with E-state index in [1.54, 1.807) is 0 Å². The van der Waals surface area contributed by atoms with Crippen molar-refractivity contribution in [3.8, 4) is 0 Å². The molecule has 2 fully saturated rings.